The lowest BCUT2D eigenvalue weighted by Crippen LogP contribution is -2.47. The molecule has 37 heavy (non-hydrogen) atoms. The van der Waals surface area contributed by atoms with Crippen molar-refractivity contribution >= 4 is 45.4 Å². The second kappa shape index (κ2) is 10.5. The molecule has 6 rings (SSSR count). The van der Waals surface area contributed by atoms with E-state index in [2.05, 4.69) is 57.3 Å². The maximum Gasteiger partial charge on any atom is 0.286 e. The normalized spacial score (nSPS) is 16.9. The Morgan fingerprint density at radius 2 is 1.49 bits per heavy atom. The first-order valence-corrected chi connectivity index (χ1v) is 13.3. The van der Waals surface area contributed by atoms with Crippen LogP contribution < -0.4 is 9.64 Å². The molecule has 1 fully saturated rings. The number of aliphatic imine (C=N–C) groups is 1. The topological polar surface area (TPSA) is 45.1 Å². The van der Waals surface area contributed by atoms with E-state index in [1.807, 2.05) is 60.7 Å². The van der Waals surface area contributed by atoms with Crippen LogP contribution in [-0.2, 0) is 11.4 Å². The van der Waals surface area contributed by atoms with Crippen molar-refractivity contribution in [1.82, 2.24) is 4.90 Å². The number of nitrogens with zero attached hydrogens (tertiary/aromatic N) is 3. The molecule has 0 saturated carbocycles. The second-order valence-corrected chi connectivity index (χ2v) is 10.1. The van der Waals surface area contributed by atoms with Gasteiger partial charge in [-0.25, -0.2) is 0 Å². The Bertz CT molecular complexity index is 1470. The molecule has 2 aliphatic heterocycles. The van der Waals surface area contributed by atoms with Gasteiger partial charge in [0.25, 0.3) is 5.91 Å². The van der Waals surface area contributed by atoms with Crippen molar-refractivity contribution < 1.29 is 9.53 Å². The zero-order valence-electron chi connectivity index (χ0n) is 20.4. The number of fused-ring (bicyclic) bond motifs is 1. The highest BCUT2D eigenvalue weighted by Crippen LogP contribution is 2.32. The maximum atomic E-state index is 12.7. The minimum Gasteiger partial charge on any atom is -0.489 e. The minimum atomic E-state index is -0.166. The van der Waals surface area contributed by atoms with Gasteiger partial charge in [0, 0.05) is 37.3 Å². The lowest BCUT2D eigenvalue weighted by molar-refractivity contribution is -0.113. The molecule has 1 amide bonds. The molecular weight excluding hydrogens is 478 g/mol. The van der Waals surface area contributed by atoms with Gasteiger partial charge in [-0.15, -0.1) is 0 Å². The van der Waals surface area contributed by atoms with Crippen LogP contribution in [0.25, 0.3) is 16.8 Å². The highest BCUT2D eigenvalue weighted by Gasteiger charge is 2.28. The van der Waals surface area contributed by atoms with Gasteiger partial charge < -0.3 is 14.5 Å². The van der Waals surface area contributed by atoms with E-state index in [0.29, 0.717) is 11.5 Å². The molecule has 0 spiro atoms. The van der Waals surface area contributed by atoms with Crippen LogP contribution in [0, 0.1) is 0 Å². The van der Waals surface area contributed by atoms with Gasteiger partial charge in [-0.05, 0) is 52.6 Å². The number of piperazine rings is 1. The van der Waals surface area contributed by atoms with Crippen molar-refractivity contribution in [3.8, 4) is 5.75 Å². The number of benzene rings is 4. The Balaban J connectivity index is 1.06. The van der Waals surface area contributed by atoms with E-state index in [9.17, 15) is 4.79 Å². The minimum absolute atomic E-state index is 0.166. The van der Waals surface area contributed by atoms with Gasteiger partial charge in [0.15, 0.2) is 5.17 Å². The highest BCUT2D eigenvalue weighted by atomic mass is 32.2. The van der Waals surface area contributed by atoms with E-state index in [-0.39, 0.29) is 5.91 Å². The third-order valence-corrected chi connectivity index (χ3v) is 7.74. The van der Waals surface area contributed by atoms with Crippen LogP contribution in [0.3, 0.4) is 0 Å². The van der Waals surface area contributed by atoms with E-state index in [1.54, 1.807) is 0 Å². The SMILES string of the molecule is O=C1N=C(N2CCN(c3cccc4ccccc34)CC2)SC1=Cc1ccc(OCc2ccccc2)cc1. The smallest absolute Gasteiger partial charge is 0.286 e. The fourth-order valence-corrected chi connectivity index (χ4v) is 5.67. The fraction of sp³-hybridized carbons (Fsp3) is 0.161. The van der Waals surface area contributed by atoms with Crippen LogP contribution in [0.1, 0.15) is 11.1 Å². The van der Waals surface area contributed by atoms with Gasteiger partial charge in [-0.1, -0.05) is 78.9 Å². The summed E-state index contributed by atoms with van der Waals surface area (Å²) in [6.45, 7) is 3.99. The Kier molecular flexibility index (Phi) is 6.65. The van der Waals surface area contributed by atoms with Crippen molar-refractivity contribution in [3.63, 3.8) is 0 Å². The average Bonchev–Trinajstić information content (AvgIpc) is 3.32. The predicted molar refractivity (Wildman–Crippen MR) is 153 cm³/mol. The molecule has 4 aromatic carbocycles. The molecule has 0 atom stereocenters. The van der Waals surface area contributed by atoms with Crippen LogP contribution >= 0.6 is 11.8 Å². The number of anilines is 1. The summed E-state index contributed by atoms with van der Waals surface area (Å²) in [6.07, 6.45) is 1.91. The van der Waals surface area contributed by atoms with Crippen LogP contribution in [0.4, 0.5) is 5.69 Å². The molecular formula is C31H27N3O2S. The van der Waals surface area contributed by atoms with Crippen molar-refractivity contribution in [2.75, 3.05) is 31.1 Å². The molecule has 2 aliphatic rings. The summed E-state index contributed by atoms with van der Waals surface area (Å²) >= 11 is 1.47. The molecule has 5 nitrogen and oxygen atoms in total. The number of carbonyl (C=O) groups excluding carboxylic acids is 1. The number of hydrogen-bond donors (Lipinski definition) is 0. The van der Waals surface area contributed by atoms with Crippen molar-refractivity contribution in [1.29, 1.82) is 0 Å². The van der Waals surface area contributed by atoms with E-state index in [0.717, 1.165) is 48.2 Å². The lowest BCUT2D eigenvalue weighted by atomic mass is 10.1. The number of carbonyl (C=O) groups is 1. The van der Waals surface area contributed by atoms with Gasteiger partial charge in [-0.2, -0.15) is 4.99 Å². The standard InChI is InChI=1S/C31H27N3O2S/c35-30-29(21-23-13-15-26(16-14-23)36-22-24-7-2-1-3-8-24)37-31(32-30)34-19-17-33(18-20-34)28-12-6-10-25-9-4-5-11-27(25)28/h1-16,21H,17-20,22H2. The van der Waals surface area contributed by atoms with Crippen LogP contribution in [0.15, 0.2) is 107 Å². The molecule has 2 heterocycles. The summed E-state index contributed by atoms with van der Waals surface area (Å²) in [6, 6.07) is 32.9. The van der Waals surface area contributed by atoms with Gasteiger partial charge >= 0.3 is 0 Å². The zero-order chi connectivity index (χ0) is 25.0. The number of thioether (sulfide) groups is 1. The number of amides is 1. The molecule has 6 heteroatoms. The van der Waals surface area contributed by atoms with Crippen molar-refractivity contribution in [2.24, 2.45) is 4.99 Å². The van der Waals surface area contributed by atoms with E-state index in [1.165, 1.54) is 28.2 Å². The van der Waals surface area contributed by atoms with Crippen LogP contribution in [-0.4, -0.2) is 42.2 Å². The van der Waals surface area contributed by atoms with Gasteiger partial charge in [-0.3, -0.25) is 4.79 Å². The lowest BCUT2D eigenvalue weighted by Gasteiger charge is -2.37. The Labute approximate surface area is 221 Å². The molecule has 1 saturated heterocycles. The summed E-state index contributed by atoms with van der Waals surface area (Å²) in [5.41, 5.74) is 3.36. The number of amidine groups is 1. The Morgan fingerprint density at radius 1 is 0.784 bits per heavy atom. The number of rotatable bonds is 5. The van der Waals surface area contributed by atoms with E-state index in [4.69, 9.17) is 4.74 Å². The number of ether oxygens (including phenoxy) is 1. The largest absolute Gasteiger partial charge is 0.489 e. The molecule has 0 radical (unpaired) electrons. The third kappa shape index (κ3) is 5.25. The summed E-state index contributed by atoms with van der Waals surface area (Å²) in [5.74, 6) is 0.637. The van der Waals surface area contributed by atoms with Gasteiger partial charge in [0.1, 0.15) is 12.4 Å². The first kappa shape index (κ1) is 23.4. The first-order chi connectivity index (χ1) is 18.2. The van der Waals surface area contributed by atoms with E-state index >= 15 is 0 Å². The second-order valence-electron chi connectivity index (χ2n) is 9.13. The van der Waals surface area contributed by atoms with Crippen LogP contribution in [0.5, 0.6) is 5.75 Å². The quantitative estimate of drug-likeness (QED) is 0.302. The fourth-order valence-electron chi connectivity index (χ4n) is 4.71. The highest BCUT2D eigenvalue weighted by molar-refractivity contribution is 8.18. The molecule has 184 valence electrons. The molecule has 0 bridgehead atoms. The van der Waals surface area contributed by atoms with Crippen LogP contribution in [0.2, 0.25) is 0 Å². The molecule has 4 aromatic rings. The van der Waals surface area contributed by atoms with Crippen molar-refractivity contribution in [3.05, 3.63) is 113 Å². The third-order valence-electron chi connectivity index (χ3n) is 6.69. The summed E-state index contributed by atoms with van der Waals surface area (Å²) in [5, 5.41) is 3.34. The Hall–Kier alpha value is -4.03. The summed E-state index contributed by atoms with van der Waals surface area (Å²) < 4.78 is 5.87. The molecule has 0 aliphatic carbocycles. The molecule has 0 unspecified atom stereocenters. The maximum absolute atomic E-state index is 12.7. The summed E-state index contributed by atoms with van der Waals surface area (Å²) in [4.78, 5) is 22.3. The first-order valence-electron chi connectivity index (χ1n) is 12.5. The predicted octanol–water partition coefficient (Wildman–Crippen LogP) is 6.21. The van der Waals surface area contributed by atoms with Gasteiger partial charge in [0.05, 0.1) is 4.91 Å². The molecule has 0 N–H and O–H groups in total. The van der Waals surface area contributed by atoms with Gasteiger partial charge in [0.2, 0.25) is 0 Å². The average molecular weight is 506 g/mol. The zero-order valence-corrected chi connectivity index (χ0v) is 21.2. The monoisotopic (exact) mass is 505 g/mol. The summed E-state index contributed by atoms with van der Waals surface area (Å²) in [7, 11) is 0. The van der Waals surface area contributed by atoms with E-state index < -0.39 is 0 Å². The van der Waals surface area contributed by atoms with Crippen molar-refractivity contribution in [2.45, 2.75) is 6.61 Å². The Morgan fingerprint density at radius 3 is 2.30 bits per heavy atom. The molecule has 0 aromatic heterocycles. The number of hydrogen-bond acceptors (Lipinski definition) is 5.